The molecule has 0 unspecified atom stereocenters. The molecular formula is C28H27FN2O4. The zero-order chi connectivity index (χ0) is 24.6. The Kier molecular flexibility index (Phi) is 7.77. The van der Waals surface area contributed by atoms with Crippen molar-refractivity contribution >= 4 is 29.3 Å². The summed E-state index contributed by atoms with van der Waals surface area (Å²) >= 11 is 0. The number of carbonyl (C=O) groups excluding carboxylic acids is 2. The van der Waals surface area contributed by atoms with Gasteiger partial charge in [0.1, 0.15) is 17.3 Å². The van der Waals surface area contributed by atoms with E-state index < -0.39 is 0 Å². The predicted molar refractivity (Wildman–Crippen MR) is 134 cm³/mol. The molecule has 6 nitrogen and oxygen atoms in total. The van der Waals surface area contributed by atoms with Gasteiger partial charge in [-0.25, -0.2) is 4.39 Å². The Morgan fingerprint density at radius 1 is 1.11 bits per heavy atom. The van der Waals surface area contributed by atoms with Crippen molar-refractivity contribution in [2.75, 3.05) is 30.0 Å². The van der Waals surface area contributed by atoms with Gasteiger partial charge in [0.25, 0.3) is 5.91 Å². The molecule has 1 aliphatic rings. The molecule has 3 aromatic rings. The molecule has 1 aliphatic heterocycles. The molecule has 35 heavy (non-hydrogen) atoms. The van der Waals surface area contributed by atoms with E-state index in [0.29, 0.717) is 35.8 Å². The van der Waals surface area contributed by atoms with Crippen LogP contribution in [0.25, 0.3) is 6.08 Å². The number of halogens is 1. The molecule has 0 atom stereocenters. The van der Waals surface area contributed by atoms with E-state index >= 15 is 0 Å². The molecule has 0 saturated carbocycles. The second kappa shape index (κ2) is 11.3. The standard InChI is InChI=1S/C28H27FN2O4/c1-20-5-4-6-24(17-20)34-16-3-2-15-31-25-18-23(12-13-26(25)35-19-28(31)33)30-27(32)14-9-21-7-10-22(29)11-8-21/h4-14,17-18H,2-3,15-16,19H2,1H3,(H,30,32)/b14-9+. The van der Waals surface area contributed by atoms with Gasteiger partial charge in [0, 0.05) is 18.3 Å². The van der Waals surface area contributed by atoms with Crippen molar-refractivity contribution in [1.29, 1.82) is 0 Å². The summed E-state index contributed by atoms with van der Waals surface area (Å²) in [5.74, 6) is 0.641. The Morgan fingerprint density at radius 2 is 1.94 bits per heavy atom. The van der Waals surface area contributed by atoms with Crippen LogP contribution in [-0.2, 0) is 9.59 Å². The van der Waals surface area contributed by atoms with E-state index in [0.717, 1.165) is 24.2 Å². The number of anilines is 2. The number of hydrogen-bond acceptors (Lipinski definition) is 4. The lowest BCUT2D eigenvalue weighted by Crippen LogP contribution is -2.39. The number of aryl methyl sites for hydroxylation is 1. The summed E-state index contributed by atoms with van der Waals surface area (Å²) in [4.78, 5) is 26.6. The van der Waals surface area contributed by atoms with E-state index in [1.165, 1.54) is 18.2 Å². The molecule has 0 saturated heterocycles. The van der Waals surface area contributed by atoms with Crippen LogP contribution in [0.15, 0.2) is 72.8 Å². The van der Waals surface area contributed by atoms with Crippen LogP contribution < -0.4 is 19.7 Å². The quantitative estimate of drug-likeness (QED) is 0.334. The van der Waals surface area contributed by atoms with Gasteiger partial charge in [-0.05, 0) is 79.4 Å². The third-order valence-corrected chi connectivity index (χ3v) is 5.50. The Hall–Kier alpha value is -4.13. The van der Waals surface area contributed by atoms with E-state index in [2.05, 4.69) is 5.32 Å². The van der Waals surface area contributed by atoms with Crippen molar-refractivity contribution < 1.29 is 23.5 Å². The highest BCUT2D eigenvalue weighted by Gasteiger charge is 2.25. The molecule has 0 spiro atoms. The number of benzene rings is 3. The van der Waals surface area contributed by atoms with Crippen LogP contribution >= 0.6 is 0 Å². The maximum absolute atomic E-state index is 13.0. The van der Waals surface area contributed by atoms with E-state index in [9.17, 15) is 14.0 Å². The molecule has 0 fully saturated rings. The van der Waals surface area contributed by atoms with Crippen LogP contribution in [-0.4, -0.2) is 31.6 Å². The van der Waals surface area contributed by atoms with Gasteiger partial charge >= 0.3 is 0 Å². The Bertz CT molecular complexity index is 1220. The van der Waals surface area contributed by atoms with Gasteiger partial charge in [-0.2, -0.15) is 0 Å². The molecule has 180 valence electrons. The monoisotopic (exact) mass is 474 g/mol. The highest BCUT2D eigenvalue weighted by atomic mass is 19.1. The van der Waals surface area contributed by atoms with Gasteiger partial charge in [-0.1, -0.05) is 24.3 Å². The molecule has 0 radical (unpaired) electrons. The molecule has 2 amide bonds. The fourth-order valence-corrected chi connectivity index (χ4v) is 3.72. The number of unbranched alkanes of at least 4 members (excludes halogenated alkanes) is 1. The first-order valence-corrected chi connectivity index (χ1v) is 11.5. The van der Waals surface area contributed by atoms with Gasteiger partial charge in [0.05, 0.1) is 12.3 Å². The summed E-state index contributed by atoms with van der Waals surface area (Å²) < 4.78 is 24.4. The fraction of sp³-hybridized carbons (Fsp3) is 0.214. The summed E-state index contributed by atoms with van der Waals surface area (Å²) in [6.45, 7) is 3.09. The molecular weight excluding hydrogens is 447 g/mol. The number of hydrogen-bond donors (Lipinski definition) is 1. The summed E-state index contributed by atoms with van der Waals surface area (Å²) in [6, 6.07) is 19.0. The minimum Gasteiger partial charge on any atom is -0.494 e. The normalized spacial score (nSPS) is 12.9. The average molecular weight is 475 g/mol. The minimum atomic E-state index is -0.336. The summed E-state index contributed by atoms with van der Waals surface area (Å²) in [7, 11) is 0. The van der Waals surface area contributed by atoms with Gasteiger partial charge < -0.3 is 19.7 Å². The number of nitrogens with one attached hydrogen (secondary N) is 1. The lowest BCUT2D eigenvalue weighted by atomic mass is 10.2. The topological polar surface area (TPSA) is 67.9 Å². The number of rotatable bonds is 9. The zero-order valence-electron chi connectivity index (χ0n) is 19.5. The van der Waals surface area contributed by atoms with Gasteiger partial charge in [0.15, 0.2) is 6.61 Å². The average Bonchev–Trinajstić information content (AvgIpc) is 2.85. The van der Waals surface area contributed by atoms with Crippen LogP contribution in [0.1, 0.15) is 24.0 Å². The number of fused-ring (bicyclic) bond motifs is 1. The number of carbonyl (C=O) groups is 2. The SMILES string of the molecule is Cc1cccc(OCCCCN2C(=O)COc3ccc(NC(=O)/C=C/c4ccc(F)cc4)cc32)c1. The van der Waals surface area contributed by atoms with E-state index in [1.807, 2.05) is 31.2 Å². The molecule has 1 heterocycles. The molecule has 3 aromatic carbocycles. The molecule has 1 N–H and O–H groups in total. The van der Waals surface area contributed by atoms with Crippen molar-refractivity contribution in [2.24, 2.45) is 0 Å². The number of nitrogens with zero attached hydrogens (tertiary/aromatic N) is 1. The van der Waals surface area contributed by atoms with Crippen LogP contribution in [0.3, 0.4) is 0 Å². The van der Waals surface area contributed by atoms with Crippen molar-refractivity contribution in [3.05, 3.63) is 89.8 Å². The Balaban J connectivity index is 1.34. The smallest absolute Gasteiger partial charge is 0.265 e. The van der Waals surface area contributed by atoms with Crippen molar-refractivity contribution in [3.8, 4) is 11.5 Å². The Labute approximate surface area is 204 Å². The zero-order valence-corrected chi connectivity index (χ0v) is 19.5. The largest absolute Gasteiger partial charge is 0.494 e. The van der Waals surface area contributed by atoms with Gasteiger partial charge in [-0.15, -0.1) is 0 Å². The summed E-state index contributed by atoms with van der Waals surface area (Å²) in [5.41, 5.74) is 3.03. The highest BCUT2D eigenvalue weighted by Crippen LogP contribution is 2.34. The molecule has 7 heteroatoms. The molecule has 0 aromatic heterocycles. The molecule has 4 rings (SSSR count). The maximum Gasteiger partial charge on any atom is 0.265 e. The van der Waals surface area contributed by atoms with Crippen molar-refractivity contribution in [3.63, 3.8) is 0 Å². The number of amides is 2. The number of ether oxygens (including phenoxy) is 2. The van der Waals surface area contributed by atoms with Gasteiger partial charge in [-0.3, -0.25) is 9.59 Å². The molecule has 0 bridgehead atoms. The second-order valence-corrected chi connectivity index (χ2v) is 8.26. The van der Waals surface area contributed by atoms with Crippen LogP contribution in [0.4, 0.5) is 15.8 Å². The first kappa shape index (κ1) is 24.0. The Morgan fingerprint density at radius 3 is 2.74 bits per heavy atom. The maximum atomic E-state index is 13.0. The fourth-order valence-electron chi connectivity index (χ4n) is 3.72. The molecule has 0 aliphatic carbocycles. The van der Waals surface area contributed by atoms with Gasteiger partial charge in [0.2, 0.25) is 5.91 Å². The first-order valence-electron chi connectivity index (χ1n) is 11.5. The highest BCUT2D eigenvalue weighted by molar-refractivity contribution is 6.03. The van der Waals surface area contributed by atoms with Crippen molar-refractivity contribution in [2.45, 2.75) is 19.8 Å². The van der Waals surface area contributed by atoms with Crippen LogP contribution in [0, 0.1) is 12.7 Å². The first-order chi connectivity index (χ1) is 17.0. The second-order valence-electron chi connectivity index (χ2n) is 8.26. The van der Waals surface area contributed by atoms with E-state index in [4.69, 9.17) is 9.47 Å². The van der Waals surface area contributed by atoms with Crippen LogP contribution in [0.2, 0.25) is 0 Å². The summed E-state index contributed by atoms with van der Waals surface area (Å²) in [6.07, 6.45) is 4.53. The third-order valence-electron chi connectivity index (χ3n) is 5.50. The third kappa shape index (κ3) is 6.69. The summed E-state index contributed by atoms with van der Waals surface area (Å²) in [5, 5.41) is 2.79. The van der Waals surface area contributed by atoms with Crippen molar-refractivity contribution in [1.82, 2.24) is 0 Å². The van der Waals surface area contributed by atoms with E-state index in [1.54, 1.807) is 41.3 Å². The van der Waals surface area contributed by atoms with E-state index in [-0.39, 0.29) is 24.2 Å². The predicted octanol–water partition coefficient (Wildman–Crippen LogP) is 5.37. The lowest BCUT2D eigenvalue weighted by molar-refractivity contribution is -0.121. The van der Waals surface area contributed by atoms with Crippen LogP contribution in [0.5, 0.6) is 11.5 Å². The minimum absolute atomic E-state index is 0.0150. The lowest BCUT2D eigenvalue weighted by Gasteiger charge is -2.30.